The van der Waals surface area contributed by atoms with Crippen LogP contribution in [0.25, 0.3) is 10.9 Å². The number of aliphatic imine (C=N–C) groups is 1. The molecule has 0 aliphatic rings. The number of rotatable bonds is 8. The standard InChI is InChI=1S/C27H23N3O4S/c1-4-17-15-30-20-13-21(33-3)22(34-26(27(31)32)23-6-5-11-35-23)12-19(20)24(17)25(29-2)18-9-7-16(14-28)8-10-18/h5-13,15,26H,4H2,1-3H3,(H,31,32). The molecule has 1 N–H and O–H groups in total. The Morgan fingerprint density at radius 1 is 1.23 bits per heavy atom. The van der Waals surface area contributed by atoms with E-state index < -0.39 is 12.1 Å². The lowest BCUT2D eigenvalue weighted by atomic mass is 9.93. The zero-order valence-electron chi connectivity index (χ0n) is 19.5. The number of hydrogen-bond acceptors (Lipinski definition) is 7. The van der Waals surface area contributed by atoms with E-state index >= 15 is 0 Å². The lowest BCUT2D eigenvalue weighted by Gasteiger charge is -2.19. The Balaban J connectivity index is 1.92. The maximum atomic E-state index is 12.0. The first-order valence-corrected chi connectivity index (χ1v) is 11.8. The highest BCUT2D eigenvalue weighted by atomic mass is 32.1. The van der Waals surface area contributed by atoms with Crippen LogP contribution < -0.4 is 9.47 Å². The first-order valence-electron chi connectivity index (χ1n) is 10.9. The fourth-order valence-corrected chi connectivity index (χ4v) is 4.67. The van der Waals surface area contributed by atoms with Gasteiger partial charge in [0.15, 0.2) is 11.5 Å². The second kappa shape index (κ2) is 10.4. The SMILES string of the molecule is CCc1cnc2cc(OC)c(OC(C(=O)O)c3cccs3)cc2c1C(=NC)c1ccc(C#N)cc1. The van der Waals surface area contributed by atoms with Gasteiger partial charge < -0.3 is 14.6 Å². The number of pyridine rings is 1. The van der Waals surface area contributed by atoms with Gasteiger partial charge >= 0.3 is 5.97 Å². The van der Waals surface area contributed by atoms with Crippen molar-refractivity contribution in [1.29, 1.82) is 5.26 Å². The van der Waals surface area contributed by atoms with Gasteiger partial charge in [0.1, 0.15) is 0 Å². The number of aliphatic carboxylic acids is 1. The molecular formula is C27H23N3O4S. The fourth-order valence-electron chi connectivity index (χ4n) is 3.93. The normalized spacial score (nSPS) is 12.2. The summed E-state index contributed by atoms with van der Waals surface area (Å²) in [4.78, 5) is 21.8. The van der Waals surface area contributed by atoms with Crippen molar-refractivity contribution in [1.82, 2.24) is 4.98 Å². The van der Waals surface area contributed by atoms with Gasteiger partial charge in [-0.15, -0.1) is 11.3 Å². The number of carbonyl (C=O) groups is 1. The molecule has 35 heavy (non-hydrogen) atoms. The highest BCUT2D eigenvalue weighted by Gasteiger charge is 2.26. The topological polar surface area (TPSA) is 105 Å². The van der Waals surface area contributed by atoms with E-state index in [-0.39, 0.29) is 0 Å². The predicted molar refractivity (Wildman–Crippen MR) is 136 cm³/mol. The molecule has 176 valence electrons. The van der Waals surface area contributed by atoms with Crippen molar-refractivity contribution in [2.45, 2.75) is 19.4 Å². The first-order chi connectivity index (χ1) is 17.0. The number of nitrogens with zero attached hydrogens (tertiary/aromatic N) is 3. The molecule has 0 fully saturated rings. The number of hydrogen-bond donors (Lipinski definition) is 1. The van der Waals surface area contributed by atoms with Gasteiger partial charge in [0.2, 0.25) is 6.10 Å². The highest BCUT2D eigenvalue weighted by molar-refractivity contribution is 7.10. The maximum Gasteiger partial charge on any atom is 0.350 e. The number of aromatic nitrogens is 1. The Labute approximate surface area is 206 Å². The Morgan fingerprint density at radius 3 is 2.57 bits per heavy atom. The molecule has 1 unspecified atom stereocenters. The zero-order valence-corrected chi connectivity index (χ0v) is 20.3. The first kappa shape index (κ1) is 23.9. The molecule has 0 saturated heterocycles. The molecule has 2 heterocycles. The summed E-state index contributed by atoms with van der Waals surface area (Å²) in [6.07, 6.45) is 1.35. The number of thiophene rings is 1. The minimum atomic E-state index is -1.18. The summed E-state index contributed by atoms with van der Waals surface area (Å²) in [5.74, 6) is -0.410. The molecule has 2 aromatic carbocycles. The van der Waals surface area contributed by atoms with E-state index in [1.54, 1.807) is 43.4 Å². The molecule has 7 nitrogen and oxygen atoms in total. The van der Waals surface area contributed by atoms with E-state index in [4.69, 9.17) is 14.7 Å². The van der Waals surface area contributed by atoms with E-state index in [2.05, 4.69) is 16.0 Å². The van der Waals surface area contributed by atoms with Crippen molar-refractivity contribution in [3.8, 4) is 17.6 Å². The van der Waals surface area contributed by atoms with Crippen LogP contribution in [0.3, 0.4) is 0 Å². The molecule has 0 amide bonds. The van der Waals surface area contributed by atoms with Gasteiger partial charge in [0.05, 0.1) is 34.8 Å². The van der Waals surface area contributed by atoms with Gasteiger partial charge in [-0.25, -0.2) is 4.79 Å². The summed E-state index contributed by atoms with van der Waals surface area (Å²) in [7, 11) is 3.23. The smallest absolute Gasteiger partial charge is 0.350 e. The second-order valence-electron chi connectivity index (χ2n) is 7.65. The van der Waals surface area contributed by atoms with Crippen LogP contribution in [0.4, 0.5) is 0 Å². The fraction of sp³-hybridized carbons (Fsp3) is 0.185. The average Bonchev–Trinajstić information content (AvgIpc) is 3.42. The molecule has 0 aliphatic heterocycles. The van der Waals surface area contributed by atoms with E-state index in [1.807, 2.05) is 30.6 Å². The van der Waals surface area contributed by atoms with Crippen molar-refractivity contribution in [3.63, 3.8) is 0 Å². The van der Waals surface area contributed by atoms with Crippen LogP contribution in [-0.4, -0.2) is 35.9 Å². The van der Waals surface area contributed by atoms with Crippen LogP contribution in [0.5, 0.6) is 11.5 Å². The molecule has 4 aromatic rings. The van der Waals surface area contributed by atoms with Gasteiger partial charge in [-0.05, 0) is 41.6 Å². The van der Waals surface area contributed by atoms with Crippen molar-refractivity contribution < 1.29 is 19.4 Å². The lowest BCUT2D eigenvalue weighted by molar-refractivity contribution is -0.145. The number of aryl methyl sites for hydroxylation is 1. The molecule has 0 saturated carbocycles. The van der Waals surface area contributed by atoms with Crippen LogP contribution >= 0.6 is 11.3 Å². The minimum Gasteiger partial charge on any atom is -0.493 e. The molecule has 0 radical (unpaired) electrons. The number of carboxylic acids is 1. The van der Waals surface area contributed by atoms with Crippen molar-refractivity contribution >= 4 is 33.9 Å². The van der Waals surface area contributed by atoms with Gasteiger partial charge in [-0.2, -0.15) is 5.26 Å². The van der Waals surface area contributed by atoms with E-state index in [9.17, 15) is 9.90 Å². The zero-order chi connectivity index (χ0) is 24.9. The number of benzene rings is 2. The molecule has 4 rings (SSSR count). The summed E-state index contributed by atoms with van der Waals surface area (Å²) >= 11 is 1.31. The Kier molecular flexibility index (Phi) is 7.09. The molecular weight excluding hydrogens is 462 g/mol. The van der Waals surface area contributed by atoms with Crippen LogP contribution in [-0.2, 0) is 11.2 Å². The number of nitriles is 1. The summed E-state index contributed by atoms with van der Waals surface area (Å²) in [5, 5.41) is 21.6. The largest absolute Gasteiger partial charge is 0.493 e. The summed E-state index contributed by atoms with van der Waals surface area (Å²) in [6, 6.07) is 16.4. The van der Waals surface area contributed by atoms with Crippen molar-refractivity contribution in [2.24, 2.45) is 4.99 Å². The third-order valence-corrected chi connectivity index (χ3v) is 6.55. The molecule has 0 aliphatic carbocycles. The number of ether oxygens (including phenoxy) is 2. The van der Waals surface area contributed by atoms with Crippen molar-refractivity contribution in [3.05, 3.63) is 87.2 Å². The number of fused-ring (bicyclic) bond motifs is 1. The van der Waals surface area contributed by atoms with Crippen LogP contribution in [0.1, 0.15) is 40.2 Å². The van der Waals surface area contributed by atoms with Gasteiger partial charge in [0, 0.05) is 35.8 Å². The lowest BCUT2D eigenvalue weighted by Crippen LogP contribution is -2.17. The van der Waals surface area contributed by atoms with Crippen LogP contribution in [0.15, 0.2) is 65.1 Å². The molecule has 0 spiro atoms. The monoisotopic (exact) mass is 485 g/mol. The quantitative estimate of drug-likeness (QED) is 0.335. The molecule has 0 bridgehead atoms. The Bertz CT molecular complexity index is 1440. The average molecular weight is 486 g/mol. The Hall–Kier alpha value is -4.22. The minimum absolute atomic E-state index is 0.299. The third kappa shape index (κ3) is 4.72. The summed E-state index contributed by atoms with van der Waals surface area (Å²) in [5.41, 5.74) is 4.68. The van der Waals surface area contributed by atoms with Crippen LogP contribution in [0, 0.1) is 11.3 Å². The third-order valence-electron chi connectivity index (χ3n) is 5.63. The molecule has 2 aromatic heterocycles. The predicted octanol–water partition coefficient (Wildman–Crippen LogP) is 5.41. The highest BCUT2D eigenvalue weighted by Crippen LogP contribution is 2.38. The Morgan fingerprint density at radius 2 is 2.00 bits per heavy atom. The number of methoxy groups -OCH3 is 1. The van der Waals surface area contributed by atoms with E-state index in [0.717, 1.165) is 27.8 Å². The van der Waals surface area contributed by atoms with Gasteiger partial charge in [0.25, 0.3) is 0 Å². The molecule has 1 atom stereocenters. The second-order valence-corrected chi connectivity index (χ2v) is 8.62. The maximum absolute atomic E-state index is 12.0. The van der Waals surface area contributed by atoms with Crippen LogP contribution in [0.2, 0.25) is 0 Å². The van der Waals surface area contributed by atoms with Gasteiger partial charge in [-0.3, -0.25) is 9.98 Å². The van der Waals surface area contributed by atoms with E-state index in [0.29, 0.717) is 33.9 Å². The van der Waals surface area contributed by atoms with E-state index in [1.165, 1.54) is 18.4 Å². The number of carboxylic acid groups (broad SMARTS) is 1. The van der Waals surface area contributed by atoms with Gasteiger partial charge in [-0.1, -0.05) is 25.1 Å². The summed E-state index contributed by atoms with van der Waals surface area (Å²) < 4.78 is 11.5. The molecule has 8 heteroatoms. The van der Waals surface area contributed by atoms with Crippen molar-refractivity contribution in [2.75, 3.05) is 14.2 Å². The summed E-state index contributed by atoms with van der Waals surface area (Å²) in [6.45, 7) is 2.04.